The van der Waals surface area contributed by atoms with Crippen LogP contribution in [0.15, 0.2) is 61.2 Å². The van der Waals surface area contributed by atoms with Crippen molar-refractivity contribution in [2.75, 3.05) is 0 Å². The van der Waals surface area contributed by atoms with E-state index in [1.807, 2.05) is 50.2 Å². The van der Waals surface area contributed by atoms with Crippen LogP contribution in [0.5, 0.6) is 0 Å². The largest absolute Gasteiger partial charge is 0.345 e. The van der Waals surface area contributed by atoms with E-state index in [2.05, 4.69) is 15.4 Å². The lowest BCUT2D eigenvalue weighted by Crippen LogP contribution is -2.35. The summed E-state index contributed by atoms with van der Waals surface area (Å²) in [7, 11) is 0. The summed E-state index contributed by atoms with van der Waals surface area (Å²) in [5, 5.41) is 7.84. The lowest BCUT2D eigenvalue weighted by molar-refractivity contribution is -0.125. The number of aryl methyl sites for hydroxylation is 1. The van der Waals surface area contributed by atoms with Gasteiger partial charge in [-0.15, -0.1) is 0 Å². The fourth-order valence-electron chi connectivity index (χ4n) is 2.75. The van der Waals surface area contributed by atoms with Gasteiger partial charge in [0, 0.05) is 18.6 Å². The Morgan fingerprint density at radius 1 is 1.19 bits per heavy atom. The van der Waals surface area contributed by atoms with Gasteiger partial charge in [0.2, 0.25) is 5.91 Å². The Labute approximate surface area is 158 Å². The number of benzene rings is 1. The molecule has 0 aliphatic carbocycles. The molecular formula is C20H21ClN4O. The van der Waals surface area contributed by atoms with Crippen molar-refractivity contribution in [3.8, 4) is 0 Å². The summed E-state index contributed by atoms with van der Waals surface area (Å²) in [6, 6.07) is 11.7. The summed E-state index contributed by atoms with van der Waals surface area (Å²) in [6.07, 6.45) is 6.78. The Morgan fingerprint density at radius 3 is 2.58 bits per heavy atom. The summed E-state index contributed by atoms with van der Waals surface area (Å²) in [5.74, 6) is -0.304. The topological polar surface area (TPSA) is 59.8 Å². The Morgan fingerprint density at radius 2 is 1.96 bits per heavy atom. The van der Waals surface area contributed by atoms with E-state index in [0.29, 0.717) is 11.6 Å². The van der Waals surface area contributed by atoms with Crippen molar-refractivity contribution in [1.82, 2.24) is 20.1 Å². The molecule has 0 aliphatic rings. The highest BCUT2D eigenvalue weighted by Crippen LogP contribution is 2.22. The number of aromatic nitrogens is 3. The molecule has 1 N–H and O–H groups in total. The highest BCUT2D eigenvalue weighted by molar-refractivity contribution is 6.30. The minimum absolute atomic E-state index is 0.0500. The molecule has 1 amide bonds. The molecule has 0 bridgehead atoms. The molecule has 0 radical (unpaired) electrons. The van der Waals surface area contributed by atoms with Crippen molar-refractivity contribution in [3.05, 3.63) is 82.9 Å². The summed E-state index contributed by atoms with van der Waals surface area (Å²) >= 11 is 5.89. The van der Waals surface area contributed by atoms with Crippen molar-refractivity contribution in [2.45, 2.75) is 26.4 Å². The number of halogens is 1. The van der Waals surface area contributed by atoms with Gasteiger partial charge in [-0.25, -0.2) is 0 Å². The maximum Gasteiger partial charge on any atom is 0.225 e. The molecule has 134 valence electrons. The minimum atomic E-state index is -0.254. The van der Waals surface area contributed by atoms with Gasteiger partial charge in [-0.05, 0) is 24.1 Å². The molecule has 2 aromatic heterocycles. The van der Waals surface area contributed by atoms with Crippen LogP contribution in [-0.4, -0.2) is 20.7 Å². The fraction of sp³-hybridized carbons (Fsp3) is 0.250. The summed E-state index contributed by atoms with van der Waals surface area (Å²) in [6.45, 7) is 4.38. The van der Waals surface area contributed by atoms with Gasteiger partial charge in [-0.3, -0.25) is 14.5 Å². The van der Waals surface area contributed by atoms with E-state index in [4.69, 9.17) is 11.6 Å². The molecule has 2 heterocycles. The van der Waals surface area contributed by atoms with Gasteiger partial charge >= 0.3 is 0 Å². The van der Waals surface area contributed by atoms with Crippen LogP contribution in [0.2, 0.25) is 5.02 Å². The molecule has 0 spiro atoms. The second-order valence-electron chi connectivity index (χ2n) is 6.42. The molecule has 6 heteroatoms. The van der Waals surface area contributed by atoms with E-state index in [0.717, 1.165) is 11.1 Å². The average Bonchev–Trinajstić information content (AvgIpc) is 3.06. The molecule has 0 unspecified atom stereocenters. The third-order valence-electron chi connectivity index (χ3n) is 4.23. The van der Waals surface area contributed by atoms with Crippen LogP contribution in [0, 0.1) is 12.8 Å². The first-order valence-electron chi connectivity index (χ1n) is 8.48. The number of hydrogen-bond donors (Lipinski definition) is 1. The zero-order valence-corrected chi connectivity index (χ0v) is 15.5. The van der Waals surface area contributed by atoms with Crippen molar-refractivity contribution >= 4 is 17.5 Å². The molecule has 5 nitrogen and oxygen atoms in total. The van der Waals surface area contributed by atoms with Crippen LogP contribution < -0.4 is 5.32 Å². The average molecular weight is 369 g/mol. The Hall–Kier alpha value is -2.66. The van der Waals surface area contributed by atoms with Crippen molar-refractivity contribution in [1.29, 1.82) is 0 Å². The molecule has 0 fully saturated rings. The summed E-state index contributed by atoms with van der Waals surface area (Å²) in [5.41, 5.74) is 3.14. The third-order valence-corrected chi connectivity index (χ3v) is 4.42. The van der Waals surface area contributed by atoms with Crippen molar-refractivity contribution < 1.29 is 4.79 Å². The van der Waals surface area contributed by atoms with Crippen LogP contribution in [0.25, 0.3) is 0 Å². The van der Waals surface area contributed by atoms with E-state index in [1.54, 1.807) is 29.5 Å². The maximum atomic E-state index is 12.8. The quantitative estimate of drug-likeness (QED) is 0.720. The number of rotatable bonds is 6. The molecular weight excluding hydrogens is 348 g/mol. The number of hydrogen-bond acceptors (Lipinski definition) is 3. The van der Waals surface area contributed by atoms with E-state index >= 15 is 0 Å². The van der Waals surface area contributed by atoms with Gasteiger partial charge in [0.05, 0.1) is 29.7 Å². The second kappa shape index (κ2) is 8.15. The number of carbonyl (C=O) groups is 1. The SMILES string of the molecule is Cc1ccc([C@H](NC(=O)[C@@H](C)Cn2cc(Cl)cn2)c2cccnc2)cc1. The first-order chi connectivity index (χ1) is 12.5. The van der Waals surface area contributed by atoms with E-state index in [1.165, 1.54) is 5.56 Å². The van der Waals surface area contributed by atoms with Crippen LogP contribution in [0.1, 0.15) is 29.7 Å². The highest BCUT2D eigenvalue weighted by Gasteiger charge is 2.21. The number of pyridine rings is 1. The first-order valence-corrected chi connectivity index (χ1v) is 8.85. The minimum Gasteiger partial charge on any atom is -0.345 e. The molecule has 1 aromatic carbocycles. The highest BCUT2D eigenvalue weighted by atomic mass is 35.5. The first kappa shape index (κ1) is 18.1. The molecule has 0 saturated carbocycles. The Kier molecular flexibility index (Phi) is 5.68. The Balaban J connectivity index is 1.78. The fourth-order valence-corrected chi connectivity index (χ4v) is 2.91. The zero-order chi connectivity index (χ0) is 18.5. The molecule has 2 atom stereocenters. The third kappa shape index (κ3) is 4.49. The van der Waals surface area contributed by atoms with E-state index < -0.39 is 0 Å². The number of carbonyl (C=O) groups excluding carboxylic acids is 1. The monoisotopic (exact) mass is 368 g/mol. The molecule has 26 heavy (non-hydrogen) atoms. The lowest BCUT2D eigenvalue weighted by atomic mass is 9.98. The molecule has 0 aliphatic heterocycles. The zero-order valence-electron chi connectivity index (χ0n) is 14.8. The molecule has 0 saturated heterocycles. The lowest BCUT2D eigenvalue weighted by Gasteiger charge is -2.22. The van der Waals surface area contributed by atoms with Crippen LogP contribution in [0.4, 0.5) is 0 Å². The van der Waals surface area contributed by atoms with E-state index in [-0.39, 0.29) is 17.9 Å². The predicted molar refractivity (Wildman–Crippen MR) is 102 cm³/mol. The van der Waals surface area contributed by atoms with Crippen LogP contribution in [0.3, 0.4) is 0 Å². The Bertz CT molecular complexity index is 861. The van der Waals surface area contributed by atoms with Gasteiger partial charge in [0.1, 0.15) is 0 Å². The van der Waals surface area contributed by atoms with Crippen LogP contribution in [-0.2, 0) is 11.3 Å². The number of nitrogens with zero attached hydrogens (tertiary/aromatic N) is 3. The normalized spacial score (nSPS) is 13.2. The standard InChI is InChI=1S/C20H21ClN4O/c1-14-5-7-16(8-6-14)19(17-4-3-9-22-10-17)24-20(26)15(2)12-25-13-18(21)11-23-25/h3-11,13,15,19H,12H2,1-2H3,(H,24,26)/t15-,19-/m0/s1. The molecule has 3 aromatic rings. The van der Waals surface area contributed by atoms with Crippen molar-refractivity contribution in [3.63, 3.8) is 0 Å². The maximum absolute atomic E-state index is 12.8. The van der Waals surface area contributed by atoms with Gasteiger partial charge < -0.3 is 5.32 Å². The van der Waals surface area contributed by atoms with Gasteiger partial charge in [-0.2, -0.15) is 5.10 Å². The van der Waals surface area contributed by atoms with Gasteiger partial charge in [0.25, 0.3) is 0 Å². The van der Waals surface area contributed by atoms with Crippen molar-refractivity contribution in [2.24, 2.45) is 5.92 Å². The number of nitrogens with one attached hydrogen (secondary N) is 1. The van der Waals surface area contributed by atoms with Gasteiger partial charge in [-0.1, -0.05) is 54.4 Å². The predicted octanol–water partition coefficient (Wildman–Crippen LogP) is 3.78. The van der Waals surface area contributed by atoms with Gasteiger partial charge in [0.15, 0.2) is 0 Å². The summed E-state index contributed by atoms with van der Waals surface area (Å²) < 4.78 is 1.68. The number of amides is 1. The van der Waals surface area contributed by atoms with Crippen LogP contribution >= 0.6 is 11.6 Å². The van der Waals surface area contributed by atoms with E-state index in [9.17, 15) is 4.79 Å². The second-order valence-corrected chi connectivity index (χ2v) is 6.86. The smallest absolute Gasteiger partial charge is 0.225 e. The summed E-state index contributed by atoms with van der Waals surface area (Å²) in [4.78, 5) is 17.0. The molecule has 3 rings (SSSR count).